The van der Waals surface area contributed by atoms with Crippen LogP contribution in [-0.2, 0) is 0 Å². The quantitative estimate of drug-likeness (QED) is 0.641. The molecule has 8 heteroatoms. The van der Waals surface area contributed by atoms with Crippen molar-refractivity contribution in [3.63, 3.8) is 0 Å². The number of methoxy groups -OCH3 is 1. The zero-order valence-corrected chi connectivity index (χ0v) is 11.8. The van der Waals surface area contributed by atoms with Crippen molar-refractivity contribution in [2.45, 2.75) is 25.8 Å². The predicted molar refractivity (Wildman–Crippen MR) is 74.8 cm³/mol. The van der Waals surface area contributed by atoms with Crippen LogP contribution in [0.4, 0.5) is 5.69 Å². The summed E-state index contributed by atoms with van der Waals surface area (Å²) in [5, 5.41) is 14.6. The van der Waals surface area contributed by atoms with Crippen molar-refractivity contribution < 1.29 is 14.2 Å². The molecule has 0 fully saturated rings. The second-order valence-electron chi connectivity index (χ2n) is 4.49. The Morgan fingerprint density at radius 3 is 2.90 bits per heavy atom. The number of nitro benzene ring substituents is 1. The number of aromatic nitrogens is 2. The fraction of sp³-hybridized carbons (Fsp3) is 0.385. The highest BCUT2D eigenvalue weighted by atomic mass is 16.6. The van der Waals surface area contributed by atoms with Crippen LogP contribution < -0.4 is 10.5 Å². The third-order valence-electron chi connectivity index (χ3n) is 3.00. The Bertz CT molecular complexity index is 641. The molecule has 0 aliphatic rings. The average molecular weight is 292 g/mol. The minimum absolute atomic E-state index is 0.0713. The fourth-order valence-electron chi connectivity index (χ4n) is 1.91. The van der Waals surface area contributed by atoms with Crippen LogP contribution in [0.25, 0.3) is 11.5 Å². The number of benzene rings is 1. The lowest BCUT2D eigenvalue weighted by molar-refractivity contribution is -0.384. The third kappa shape index (κ3) is 3.16. The number of hydrogen-bond donors (Lipinski definition) is 1. The molecule has 2 N–H and O–H groups in total. The van der Waals surface area contributed by atoms with Crippen molar-refractivity contribution in [3.05, 3.63) is 34.1 Å². The maximum atomic E-state index is 10.8. The van der Waals surface area contributed by atoms with Gasteiger partial charge in [-0.05, 0) is 12.5 Å². The van der Waals surface area contributed by atoms with Crippen LogP contribution in [0.1, 0.15) is 31.6 Å². The van der Waals surface area contributed by atoms with Crippen molar-refractivity contribution in [2.75, 3.05) is 7.11 Å². The molecule has 1 heterocycles. The molecule has 1 aromatic heterocycles. The highest BCUT2D eigenvalue weighted by Gasteiger charge is 2.19. The Hall–Kier alpha value is -2.48. The Kier molecular flexibility index (Phi) is 4.49. The largest absolute Gasteiger partial charge is 0.496 e. The number of nitro groups is 1. The summed E-state index contributed by atoms with van der Waals surface area (Å²) in [4.78, 5) is 14.5. The van der Waals surface area contributed by atoms with E-state index in [9.17, 15) is 10.1 Å². The first-order valence-electron chi connectivity index (χ1n) is 6.48. The fourth-order valence-corrected chi connectivity index (χ4v) is 1.91. The first-order chi connectivity index (χ1) is 10.1. The monoisotopic (exact) mass is 292 g/mol. The second kappa shape index (κ2) is 6.31. The summed E-state index contributed by atoms with van der Waals surface area (Å²) in [6.45, 7) is 2.01. The number of non-ortho nitro benzene ring substituents is 1. The number of rotatable bonds is 6. The van der Waals surface area contributed by atoms with E-state index in [0.717, 1.165) is 12.8 Å². The molecule has 0 bridgehead atoms. The van der Waals surface area contributed by atoms with Crippen LogP contribution in [0.3, 0.4) is 0 Å². The molecule has 1 aromatic carbocycles. The Labute approximate surface area is 121 Å². The molecular formula is C13H16N4O4. The van der Waals surface area contributed by atoms with Gasteiger partial charge in [0.25, 0.3) is 11.6 Å². The predicted octanol–water partition coefficient (Wildman–Crippen LogP) is 2.45. The number of nitrogens with zero attached hydrogens (tertiary/aromatic N) is 3. The maximum Gasteiger partial charge on any atom is 0.273 e. The Balaban J connectivity index is 2.35. The van der Waals surface area contributed by atoms with Gasteiger partial charge in [0.2, 0.25) is 0 Å². The van der Waals surface area contributed by atoms with E-state index in [4.69, 9.17) is 15.0 Å². The summed E-state index contributed by atoms with van der Waals surface area (Å²) in [6, 6.07) is 3.88. The molecule has 21 heavy (non-hydrogen) atoms. The molecule has 0 saturated heterocycles. The lowest BCUT2D eigenvalue weighted by Crippen LogP contribution is -2.11. The molecule has 0 spiro atoms. The van der Waals surface area contributed by atoms with Crippen molar-refractivity contribution in [1.82, 2.24) is 10.1 Å². The molecule has 1 unspecified atom stereocenters. The van der Waals surface area contributed by atoms with E-state index in [1.807, 2.05) is 6.92 Å². The molecule has 0 aliphatic carbocycles. The molecule has 1 atom stereocenters. The number of nitrogens with two attached hydrogens (primary N) is 1. The summed E-state index contributed by atoms with van der Waals surface area (Å²) < 4.78 is 10.3. The lowest BCUT2D eigenvalue weighted by atomic mass is 10.1. The van der Waals surface area contributed by atoms with E-state index in [1.165, 1.54) is 25.3 Å². The zero-order chi connectivity index (χ0) is 15.4. The molecule has 0 aliphatic heterocycles. The van der Waals surface area contributed by atoms with Crippen LogP contribution in [0.5, 0.6) is 5.75 Å². The van der Waals surface area contributed by atoms with Crippen LogP contribution in [0.2, 0.25) is 0 Å². The standard InChI is InChI=1S/C13H16N4O4/c1-3-4-10(14)12-15-13(21-16-12)9-6-5-8(17(18)19)7-11(9)20-2/h5-7,10H,3-4,14H2,1-2H3. The van der Waals surface area contributed by atoms with E-state index in [2.05, 4.69) is 10.1 Å². The van der Waals surface area contributed by atoms with Crippen LogP contribution in [0.15, 0.2) is 22.7 Å². The summed E-state index contributed by atoms with van der Waals surface area (Å²) >= 11 is 0. The van der Waals surface area contributed by atoms with Gasteiger partial charge < -0.3 is 15.0 Å². The highest BCUT2D eigenvalue weighted by molar-refractivity contribution is 5.65. The molecule has 0 amide bonds. The van der Waals surface area contributed by atoms with Crippen molar-refractivity contribution in [3.8, 4) is 17.2 Å². The number of ether oxygens (including phenoxy) is 1. The summed E-state index contributed by atoms with van der Waals surface area (Å²) in [7, 11) is 1.42. The van der Waals surface area contributed by atoms with Crippen molar-refractivity contribution >= 4 is 5.69 Å². The molecule has 112 valence electrons. The molecular weight excluding hydrogens is 276 g/mol. The third-order valence-corrected chi connectivity index (χ3v) is 3.00. The summed E-state index contributed by atoms with van der Waals surface area (Å²) in [5.74, 6) is 0.930. The maximum absolute atomic E-state index is 10.8. The Morgan fingerprint density at radius 1 is 1.52 bits per heavy atom. The minimum atomic E-state index is -0.497. The SMILES string of the molecule is CCCC(N)c1noc(-c2ccc([N+](=O)[O-])cc2OC)n1. The molecule has 0 radical (unpaired) electrons. The van der Waals surface area contributed by atoms with Gasteiger partial charge in [-0.1, -0.05) is 18.5 Å². The van der Waals surface area contributed by atoms with Crippen LogP contribution >= 0.6 is 0 Å². The molecule has 2 aromatic rings. The van der Waals surface area contributed by atoms with Gasteiger partial charge in [-0.2, -0.15) is 4.98 Å². The Morgan fingerprint density at radius 2 is 2.29 bits per heavy atom. The van der Waals surface area contributed by atoms with Gasteiger partial charge in [-0.15, -0.1) is 0 Å². The van der Waals surface area contributed by atoms with Gasteiger partial charge in [0.15, 0.2) is 5.82 Å². The summed E-state index contributed by atoms with van der Waals surface area (Å²) in [5.41, 5.74) is 6.35. The first-order valence-corrected chi connectivity index (χ1v) is 6.48. The van der Waals surface area contributed by atoms with E-state index < -0.39 is 4.92 Å². The lowest BCUT2D eigenvalue weighted by Gasteiger charge is -2.04. The summed E-state index contributed by atoms with van der Waals surface area (Å²) in [6.07, 6.45) is 1.66. The molecule has 8 nitrogen and oxygen atoms in total. The normalized spacial score (nSPS) is 12.1. The van der Waals surface area contributed by atoms with Crippen molar-refractivity contribution in [1.29, 1.82) is 0 Å². The zero-order valence-electron chi connectivity index (χ0n) is 11.8. The van der Waals surface area contributed by atoms with E-state index in [1.54, 1.807) is 0 Å². The van der Waals surface area contributed by atoms with Gasteiger partial charge in [0.05, 0.1) is 29.7 Å². The average Bonchev–Trinajstić information content (AvgIpc) is 2.96. The van der Waals surface area contributed by atoms with Gasteiger partial charge in [0, 0.05) is 6.07 Å². The van der Waals surface area contributed by atoms with Crippen molar-refractivity contribution in [2.24, 2.45) is 5.73 Å². The van der Waals surface area contributed by atoms with E-state index in [0.29, 0.717) is 17.1 Å². The van der Waals surface area contributed by atoms with E-state index in [-0.39, 0.29) is 17.6 Å². The smallest absolute Gasteiger partial charge is 0.273 e. The van der Waals surface area contributed by atoms with Gasteiger partial charge in [0.1, 0.15) is 5.75 Å². The molecule has 2 rings (SSSR count). The van der Waals surface area contributed by atoms with Crippen LogP contribution in [0, 0.1) is 10.1 Å². The van der Waals surface area contributed by atoms with Crippen LogP contribution in [-0.4, -0.2) is 22.2 Å². The minimum Gasteiger partial charge on any atom is -0.496 e. The first kappa shape index (κ1) is 14.9. The van der Waals surface area contributed by atoms with Gasteiger partial charge in [-0.3, -0.25) is 10.1 Å². The second-order valence-corrected chi connectivity index (χ2v) is 4.49. The topological polar surface area (TPSA) is 117 Å². The van der Waals surface area contributed by atoms with Gasteiger partial charge in [-0.25, -0.2) is 0 Å². The highest BCUT2D eigenvalue weighted by Crippen LogP contribution is 2.32. The van der Waals surface area contributed by atoms with Gasteiger partial charge >= 0.3 is 0 Å². The number of hydrogen-bond acceptors (Lipinski definition) is 7. The molecule has 0 saturated carbocycles. The van der Waals surface area contributed by atoms with E-state index >= 15 is 0 Å².